The van der Waals surface area contributed by atoms with E-state index in [0.717, 1.165) is 26.2 Å². The van der Waals surface area contributed by atoms with E-state index in [2.05, 4.69) is 31.9 Å². The minimum Gasteiger partial charge on any atom is -0.378 e. The van der Waals surface area contributed by atoms with Gasteiger partial charge < -0.3 is 4.74 Å². The predicted molar refractivity (Wildman–Crippen MR) is 51.3 cm³/mol. The van der Waals surface area contributed by atoms with E-state index in [0.29, 0.717) is 6.04 Å². The second kappa shape index (κ2) is 4.63. The van der Waals surface area contributed by atoms with E-state index in [1.807, 2.05) is 0 Å². The molecule has 1 rings (SSSR count). The molecular formula is C10H19NO. The van der Waals surface area contributed by atoms with Gasteiger partial charge in [-0.05, 0) is 27.3 Å². The van der Waals surface area contributed by atoms with Crippen LogP contribution in [0.5, 0.6) is 0 Å². The molecule has 1 saturated heterocycles. The van der Waals surface area contributed by atoms with Crippen LogP contribution in [0.15, 0.2) is 11.6 Å². The molecule has 2 nitrogen and oxygen atoms in total. The van der Waals surface area contributed by atoms with Gasteiger partial charge in [0.1, 0.15) is 0 Å². The lowest BCUT2D eigenvalue weighted by molar-refractivity contribution is 0.00625. The Balaban J connectivity index is 2.39. The van der Waals surface area contributed by atoms with Crippen molar-refractivity contribution in [2.45, 2.75) is 26.3 Å². The molecule has 0 bridgehead atoms. The summed E-state index contributed by atoms with van der Waals surface area (Å²) in [4.78, 5) is 2.39. The van der Waals surface area contributed by atoms with Crippen molar-refractivity contribution >= 4 is 0 Å². The number of hydrogen-bond donors (Lipinski definition) is 0. The molecule has 70 valence electrons. The summed E-state index contributed by atoms with van der Waals surface area (Å²) in [5, 5.41) is 0. The van der Waals surface area contributed by atoms with Crippen molar-refractivity contribution in [1.82, 2.24) is 4.90 Å². The molecule has 0 aliphatic carbocycles. The SMILES string of the molecule is CC=C(C)CC1COCCN1C. The lowest BCUT2D eigenvalue weighted by atomic mass is 10.1. The average molecular weight is 169 g/mol. The molecule has 0 radical (unpaired) electrons. The Labute approximate surface area is 75.2 Å². The van der Waals surface area contributed by atoms with Gasteiger partial charge in [0.25, 0.3) is 0 Å². The predicted octanol–water partition coefficient (Wildman–Crippen LogP) is 1.67. The van der Waals surface area contributed by atoms with Crippen LogP contribution < -0.4 is 0 Å². The number of likely N-dealkylation sites (N-methyl/N-ethyl adjacent to an activating group) is 1. The molecule has 0 amide bonds. The third kappa shape index (κ3) is 2.61. The fraction of sp³-hybridized carbons (Fsp3) is 0.800. The maximum atomic E-state index is 5.43. The van der Waals surface area contributed by atoms with E-state index >= 15 is 0 Å². The van der Waals surface area contributed by atoms with Gasteiger partial charge in [-0.15, -0.1) is 0 Å². The van der Waals surface area contributed by atoms with Gasteiger partial charge in [0.15, 0.2) is 0 Å². The highest BCUT2D eigenvalue weighted by Gasteiger charge is 2.18. The fourth-order valence-electron chi connectivity index (χ4n) is 1.44. The van der Waals surface area contributed by atoms with Crippen molar-refractivity contribution in [3.8, 4) is 0 Å². The number of ether oxygens (including phenoxy) is 1. The molecule has 12 heavy (non-hydrogen) atoms. The van der Waals surface area contributed by atoms with Gasteiger partial charge in [-0.25, -0.2) is 0 Å². The van der Waals surface area contributed by atoms with Crippen LogP contribution in [0.2, 0.25) is 0 Å². The highest BCUT2D eigenvalue weighted by Crippen LogP contribution is 2.13. The van der Waals surface area contributed by atoms with E-state index in [1.165, 1.54) is 5.57 Å². The molecule has 0 N–H and O–H groups in total. The smallest absolute Gasteiger partial charge is 0.0625 e. The fourth-order valence-corrected chi connectivity index (χ4v) is 1.44. The van der Waals surface area contributed by atoms with Crippen LogP contribution in [0, 0.1) is 0 Å². The van der Waals surface area contributed by atoms with Gasteiger partial charge in [0, 0.05) is 12.6 Å². The monoisotopic (exact) mass is 169 g/mol. The maximum absolute atomic E-state index is 5.43. The molecule has 1 unspecified atom stereocenters. The minimum absolute atomic E-state index is 0.593. The highest BCUT2D eigenvalue weighted by molar-refractivity contribution is 4.99. The molecule has 0 saturated carbocycles. The summed E-state index contributed by atoms with van der Waals surface area (Å²) >= 11 is 0. The van der Waals surface area contributed by atoms with Crippen LogP contribution in [0.4, 0.5) is 0 Å². The van der Waals surface area contributed by atoms with Crippen molar-refractivity contribution in [2.24, 2.45) is 0 Å². The lowest BCUT2D eigenvalue weighted by Crippen LogP contribution is -2.42. The third-order valence-corrected chi connectivity index (χ3v) is 2.57. The first-order valence-electron chi connectivity index (χ1n) is 4.64. The van der Waals surface area contributed by atoms with Gasteiger partial charge in [0.2, 0.25) is 0 Å². The Hall–Kier alpha value is -0.340. The number of allylic oxidation sites excluding steroid dienone is 1. The summed E-state index contributed by atoms with van der Waals surface area (Å²) in [6, 6.07) is 0.593. The number of rotatable bonds is 2. The molecule has 2 heteroatoms. The van der Waals surface area contributed by atoms with E-state index < -0.39 is 0 Å². The zero-order chi connectivity index (χ0) is 8.97. The van der Waals surface area contributed by atoms with E-state index in [-0.39, 0.29) is 0 Å². The van der Waals surface area contributed by atoms with Gasteiger partial charge >= 0.3 is 0 Å². The maximum Gasteiger partial charge on any atom is 0.0625 e. The normalized spacial score (nSPS) is 27.6. The Bertz CT molecular complexity index is 165. The van der Waals surface area contributed by atoms with Crippen molar-refractivity contribution in [2.75, 3.05) is 26.8 Å². The molecule has 1 heterocycles. The van der Waals surface area contributed by atoms with Gasteiger partial charge in [-0.3, -0.25) is 4.90 Å². The number of nitrogens with zero attached hydrogens (tertiary/aromatic N) is 1. The molecule has 0 aromatic rings. The Kier molecular flexibility index (Phi) is 3.76. The van der Waals surface area contributed by atoms with Crippen LogP contribution in [0.3, 0.4) is 0 Å². The van der Waals surface area contributed by atoms with Gasteiger partial charge in [0.05, 0.1) is 13.2 Å². The summed E-state index contributed by atoms with van der Waals surface area (Å²) in [6.45, 7) is 7.13. The quantitative estimate of drug-likeness (QED) is 0.583. The summed E-state index contributed by atoms with van der Waals surface area (Å²) < 4.78 is 5.43. The van der Waals surface area contributed by atoms with Gasteiger partial charge in [-0.2, -0.15) is 0 Å². The molecule has 0 aromatic heterocycles. The van der Waals surface area contributed by atoms with Crippen molar-refractivity contribution < 1.29 is 4.74 Å². The molecule has 1 fully saturated rings. The molecule has 0 spiro atoms. The Morgan fingerprint density at radius 2 is 2.42 bits per heavy atom. The molecule has 1 aliphatic heterocycles. The van der Waals surface area contributed by atoms with Crippen LogP contribution in [-0.2, 0) is 4.74 Å². The second-order valence-corrected chi connectivity index (χ2v) is 3.55. The average Bonchev–Trinajstić information content (AvgIpc) is 2.09. The van der Waals surface area contributed by atoms with Crippen molar-refractivity contribution in [3.63, 3.8) is 0 Å². The van der Waals surface area contributed by atoms with Gasteiger partial charge in [-0.1, -0.05) is 11.6 Å². The summed E-state index contributed by atoms with van der Waals surface area (Å²) in [6.07, 6.45) is 3.33. The van der Waals surface area contributed by atoms with Crippen LogP contribution in [-0.4, -0.2) is 37.7 Å². The second-order valence-electron chi connectivity index (χ2n) is 3.55. The van der Waals surface area contributed by atoms with E-state index in [9.17, 15) is 0 Å². The molecule has 0 aromatic carbocycles. The first-order chi connectivity index (χ1) is 5.74. The largest absolute Gasteiger partial charge is 0.378 e. The van der Waals surface area contributed by atoms with Crippen LogP contribution >= 0.6 is 0 Å². The number of hydrogen-bond acceptors (Lipinski definition) is 2. The zero-order valence-electron chi connectivity index (χ0n) is 8.34. The topological polar surface area (TPSA) is 12.5 Å². The van der Waals surface area contributed by atoms with Crippen molar-refractivity contribution in [3.05, 3.63) is 11.6 Å². The Morgan fingerprint density at radius 3 is 3.00 bits per heavy atom. The molecular weight excluding hydrogens is 150 g/mol. The summed E-state index contributed by atoms with van der Waals surface area (Å²) in [7, 11) is 2.18. The van der Waals surface area contributed by atoms with E-state index in [1.54, 1.807) is 0 Å². The minimum atomic E-state index is 0.593. The van der Waals surface area contributed by atoms with Crippen molar-refractivity contribution in [1.29, 1.82) is 0 Å². The first-order valence-corrected chi connectivity index (χ1v) is 4.64. The summed E-state index contributed by atoms with van der Waals surface area (Å²) in [5.41, 5.74) is 1.46. The molecule has 1 aliphatic rings. The van der Waals surface area contributed by atoms with E-state index in [4.69, 9.17) is 4.74 Å². The van der Waals surface area contributed by atoms with Crippen LogP contribution in [0.25, 0.3) is 0 Å². The molecule has 1 atom stereocenters. The van der Waals surface area contributed by atoms with Crippen LogP contribution in [0.1, 0.15) is 20.3 Å². The zero-order valence-corrected chi connectivity index (χ0v) is 8.34. The highest BCUT2D eigenvalue weighted by atomic mass is 16.5. The number of morpholine rings is 1. The standard InChI is InChI=1S/C10H19NO/c1-4-9(2)7-10-8-12-6-5-11(10)3/h4,10H,5-8H2,1-3H3. The summed E-state index contributed by atoms with van der Waals surface area (Å²) in [5.74, 6) is 0. The lowest BCUT2D eigenvalue weighted by Gasteiger charge is -2.32. The third-order valence-electron chi connectivity index (χ3n) is 2.57. The Morgan fingerprint density at radius 1 is 1.67 bits per heavy atom. The first kappa shape index (κ1) is 9.75.